The molecule has 25 heavy (non-hydrogen) atoms. The number of hydrogen-bond donors (Lipinski definition) is 1. The quantitative estimate of drug-likeness (QED) is 0.646. The second-order valence-corrected chi connectivity index (χ2v) is 9.85. The van der Waals surface area contributed by atoms with Gasteiger partial charge in [-0.3, -0.25) is 9.88 Å². The number of nitrogens with one attached hydrogen (secondary N) is 1. The molecule has 1 heterocycles. The highest BCUT2D eigenvalue weighted by Gasteiger charge is 2.57. The Labute approximate surface area is 152 Å². The summed E-state index contributed by atoms with van der Waals surface area (Å²) in [4.78, 5) is 0. The molecular weight excluding hydrogens is 337 g/mol. The lowest BCUT2D eigenvalue weighted by Crippen LogP contribution is -2.47. The van der Waals surface area contributed by atoms with Gasteiger partial charge in [0.2, 0.25) is 0 Å². The van der Waals surface area contributed by atoms with E-state index in [0.717, 1.165) is 5.56 Å². The lowest BCUT2D eigenvalue weighted by atomic mass is 9.89. The molecule has 1 aliphatic rings. The number of ether oxygens (including phenoxy) is 1. The van der Waals surface area contributed by atoms with Gasteiger partial charge in [-0.25, -0.2) is 0 Å². The Kier molecular flexibility index (Phi) is 6.86. The first-order chi connectivity index (χ1) is 11.8. The monoisotopic (exact) mass is 369 g/mol. The summed E-state index contributed by atoms with van der Waals surface area (Å²) in [7, 11) is -3.25. The third-order valence-electron chi connectivity index (χ3n) is 4.89. The summed E-state index contributed by atoms with van der Waals surface area (Å²) in [5.74, 6) is 0.218. The molecular formula is C19H32NO4P. The molecule has 1 fully saturated rings. The van der Waals surface area contributed by atoms with Crippen LogP contribution in [0.15, 0.2) is 30.3 Å². The van der Waals surface area contributed by atoms with Crippen molar-refractivity contribution in [1.82, 2.24) is 5.32 Å². The van der Waals surface area contributed by atoms with Crippen molar-refractivity contribution >= 4 is 7.60 Å². The van der Waals surface area contributed by atoms with E-state index in [1.165, 1.54) is 0 Å². The van der Waals surface area contributed by atoms with E-state index in [2.05, 4.69) is 31.3 Å². The van der Waals surface area contributed by atoms with E-state index in [4.69, 9.17) is 13.8 Å². The summed E-state index contributed by atoms with van der Waals surface area (Å²) >= 11 is 0. The molecule has 6 heteroatoms. The van der Waals surface area contributed by atoms with Crippen LogP contribution in [0, 0.1) is 5.92 Å². The fourth-order valence-electron chi connectivity index (χ4n) is 3.59. The standard InChI is InChI=1S/C19H32NO4P/c1-6-23-25(21,24-7-2)19(5)13-17(18(3,4)20-19)15-22-14-16-11-9-8-10-12-16/h8-12,17,20H,6-7,13-15H2,1-5H3. The molecule has 0 spiro atoms. The predicted octanol–water partition coefficient (Wildman–Crippen LogP) is 4.57. The summed E-state index contributed by atoms with van der Waals surface area (Å²) in [6.07, 6.45) is 0.687. The van der Waals surface area contributed by atoms with Crippen LogP contribution < -0.4 is 5.32 Å². The van der Waals surface area contributed by atoms with Gasteiger partial charge in [0.1, 0.15) is 5.28 Å². The van der Waals surface area contributed by atoms with Gasteiger partial charge in [-0.15, -0.1) is 0 Å². The van der Waals surface area contributed by atoms with Crippen molar-refractivity contribution in [2.75, 3.05) is 19.8 Å². The van der Waals surface area contributed by atoms with Gasteiger partial charge in [0.25, 0.3) is 0 Å². The van der Waals surface area contributed by atoms with Gasteiger partial charge < -0.3 is 13.8 Å². The van der Waals surface area contributed by atoms with Crippen LogP contribution in [0.5, 0.6) is 0 Å². The minimum absolute atomic E-state index is 0.213. The van der Waals surface area contributed by atoms with Crippen molar-refractivity contribution in [3.8, 4) is 0 Å². The average molecular weight is 369 g/mol. The van der Waals surface area contributed by atoms with Crippen LogP contribution in [0.1, 0.15) is 46.6 Å². The molecule has 2 rings (SSSR count). The largest absolute Gasteiger partial charge is 0.376 e. The number of benzene rings is 1. The van der Waals surface area contributed by atoms with E-state index in [1.807, 2.05) is 39.0 Å². The zero-order valence-electron chi connectivity index (χ0n) is 16.1. The summed E-state index contributed by atoms with van der Waals surface area (Å²) < 4.78 is 30.5. The van der Waals surface area contributed by atoms with Gasteiger partial charge in [0, 0.05) is 11.5 Å². The third-order valence-corrected chi connectivity index (χ3v) is 7.59. The first kappa shape index (κ1) is 20.6. The second-order valence-electron chi connectivity index (χ2n) is 7.36. The van der Waals surface area contributed by atoms with Gasteiger partial charge in [-0.1, -0.05) is 30.3 Å². The Balaban J connectivity index is 2.04. The minimum atomic E-state index is -3.25. The molecule has 0 amide bonds. The Morgan fingerprint density at radius 3 is 2.28 bits per heavy atom. The van der Waals surface area contributed by atoms with Gasteiger partial charge >= 0.3 is 7.60 Å². The van der Waals surface area contributed by atoms with Crippen LogP contribution in [0.2, 0.25) is 0 Å². The highest BCUT2D eigenvalue weighted by Crippen LogP contribution is 2.64. The first-order valence-corrected chi connectivity index (χ1v) is 10.6. The number of rotatable bonds is 9. The topological polar surface area (TPSA) is 56.8 Å². The molecule has 5 nitrogen and oxygen atoms in total. The van der Waals surface area contributed by atoms with E-state index in [9.17, 15) is 4.57 Å². The van der Waals surface area contributed by atoms with Crippen LogP contribution in [-0.2, 0) is 25.0 Å². The fraction of sp³-hybridized carbons (Fsp3) is 0.684. The highest BCUT2D eigenvalue weighted by molar-refractivity contribution is 7.55. The summed E-state index contributed by atoms with van der Waals surface area (Å²) in [5.41, 5.74) is 0.943. The third kappa shape index (κ3) is 4.72. The van der Waals surface area contributed by atoms with Crippen molar-refractivity contribution in [3.05, 3.63) is 35.9 Å². The van der Waals surface area contributed by atoms with E-state index >= 15 is 0 Å². The molecule has 1 aliphatic heterocycles. The predicted molar refractivity (Wildman–Crippen MR) is 101 cm³/mol. The molecule has 2 unspecified atom stereocenters. The Morgan fingerprint density at radius 2 is 1.72 bits per heavy atom. The molecule has 1 N–H and O–H groups in total. The molecule has 0 aromatic heterocycles. The van der Waals surface area contributed by atoms with Crippen LogP contribution in [-0.4, -0.2) is 30.6 Å². The lowest BCUT2D eigenvalue weighted by Gasteiger charge is -2.34. The van der Waals surface area contributed by atoms with Crippen LogP contribution >= 0.6 is 7.60 Å². The maximum absolute atomic E-state index is 13.3. The van der Waals surface area contributed by atoms with Crippen molar-refractivity contribution in [1.29, 1.82) is 0 Å². The molecule has 1 aromatic rings. The molecule has 2 atom stereocenters. The molecule has 142 valence electrons. The lowest BCUT2D eigenvalue weighted by molar-refractivity contribution is 0.0695. The molecule has 0 radical (unpaired) electrons. The van der Waals surface area contributed by atoms with Crippen LogP contribution in [0.3, 0.4) is 0 Å². The van der Waals surface area contributed by atoms with Crippen molar-refractivity contribution in [3.63, 3.8) is 0 Å². The van der Waals surface area contributed by atoms with E-state index < -0.39 is 12.9 Å². The van der Waals surface area contributed by atoms with Gasteiger partial charge in [0.05, 0.1) is 26.4 Å². The van der Waals surface area contributed by atoms with Gasteiger partial charge in [-0.2, -0.15) is 0 Å². The summed E-state index contributed by atoms with van der Waals surface area (Å²) in [5, 5.41) is 2.82. The van der Waals surface area contributed by atoms with Crippen molar-refractivity contribution < 1.29 is 18.3 Å². The second kappa shape index (κ2) is 8.32. The molecule has 0 aliphatic carbocycles. The van der Waals surface area contributed by atoms with Gasteiger partial charge in [-0.05, 0) is 46.6 Å². The maximum atomic E-state index is 13.3. The van der Waals surface area contributed by atoms with E-state index in [0.29, 0.717) is 32.8 Å². The summed E-state index contributed by atoms with van der Waals surface area (Å²) in [6, 6.07) is 10.1. The smallest absolute Gasteiger partial charge is 0.350 e. The van der Waals surface area contributed by atoms with Crippen LogP contribution in [0.4, 0.5) is 0 Å². The maximum Gasteiger partial charge on any atom is 0.350 e. The van der Waals surface area contributed by atoms with Crippen molar-refractivity contribution in [2.24, 2.45) is 5.92 Å². The van der Waals surface area contributed by atoms with Crippen LogP contribution in [0.25, 0.3) is 0 Å². The minimum Gasteiger partial charge on any atom is -0.376 e. The highest BCUT2D eigenvalue weighted by atomic mass is 31.2. The van der Waals surface area contributed by atoms with Gasteiger partial charge in [0.15, 0.2) is 0 Å². The Morgan fingerprint density at radius 1 is 1.12 bits per heavy atom. The zero-order chi connectivity index (χ0) is 18.6. The number of hydrogen-bond acceptors (Lipinski definition) is 5. The van der Waals surface area contributed by atoms with E-state index in [1.54, 1.807) is 0 Å². The van der Waals surface area contributed by atoms with E-state index in [-0.39, 0.29) is 11.5 Å². The van der Waals surface area contributed by atoms with Crippen molar-refractivity contribution in [2.45, 2.75) is 58.5 Å². The fourth-order valence-corrected chi connectivity index (χ4v) is 5.78. The SMILES string of the molecule is CCOP(=O)(OCC)C1(C)CC(COCc2ccccc2)C(C)(C)N1. The Bertz CT molecular complexity index is 582. The molecule has 1 aromatic carbocycles. The molecule has 0 saturated carbocycles. The molecule has 0 bridgehead atoms. The average Bonchev–Trinajstić information content (AvgIpc) is 2.79. The summed E-state index contributed by atoms with van der Waals surface area (Å²) in [6.45, 7) is 11.8. The first-order valence-electron chi connectivity index (χ1n) is 9.06. The Hall–Kier alpha value is -0.710. The molecule has 1 saturated heterocycles. The zero-order valence-corrected chi connectivity index (χ0v) is 17.0. The normalized spacial score (nSPS) is 26.0.